The number of nitrogens with one attached hydrogen (secondary N) is 1. The van der Waals surface area contributed by atoms with Gasteiger partial charge in [0.25, 0.3) is 0 Å². The van der Waals surface area contributed by atoms with Gasteiger partial charge in [0.1, 0.15) is 5.75 Å². The number of aliphatic hydroxyl groups is 1. The van der Waals surface area contributed by atoms with E-state index < -0.39 is 6.10 Å². The summed E-state index contributed by atoms with van der Waals surface area (Å²) in [6.07, 6.45) is -0.696. The van der Waals surface area contributed by atoms with Gasteiger partial charge in [0, 0.05) is 25.2 Å². The van der Waals surface area contributed by atoms with E-state index in [4.69, 9.17) is 16.3 Å². The molecule has 0 saturated heterocycles. The summed E-state index contributed by atoms with van der Waals surface area (Å²) < 4.78 is 5.21. The lowest BCUT2D eigenvalue weighted by atomic mass is 10.1. The lowest BCUT2D eigenvalue weighted by molar-refractivity contribution is 0.186. The second-order valence-corrected chi connectivity index (χ2v) is 6.41. The van der Waals surface area contributed by atoms with E-state index in [9.17, 15) is 5.11 Å². The zero-order chi connectivity index (χ0) is 18.9. The van der Waals surface area contributed by atoms with Crippen molar-refractivity contribution in [3.63, 3.8) is 0 Å². The fourth-order valence-corrected chi connectivity index (χ4v) is 2.79. The minimum atomic E-state index is -0.696. The summed E-state index contributed by atoms with van der Waals surface area (Å²) in [4.78, 5) is 6.58. The molecule has 0 radical (unpaired) electrons. The molecule has 0 aliphatic heterocycles. The van der Waals surface area contributed by atoms with Crippen molar-refractivity contribution in [2.45, 2.75) is 19.6 Å². The van der Waals surface area contributed by atoms with E-state index in [1.807, 2.05) is 67.4 Å². The first-order valence-corrected chi connectivity index (χ1v) is 8.97. The van der Waals surface area contributed by atoms with Crippen molar-refractivity contribution in [2.24, 2.45) is 4.99 Å². The monoisotopic (exact) mass is 503 g/mol. The first kappa shape index (κ1) is 23.5. The number of hydrogen-bond donors (Lipinski definition) is 2. The standard InChI is InChI=1S/C20H26ClN3O2.HI/c1-4-22-20(24(2)14-15-7-5-9-17(21)11-15)23-13-19(25)16-8-6-10-18(12-16)26-3;/h5-12,19,25H,4,13-14H2,1-3H3,(H,22,23);1H. The molecule has 0 aliphatic rings. The van der Waals surface area contributed by atoms with Gasteiger partial charge in [-0.05, 0) is 42.3 Å². The maximum atomic E-state index is 10.4. The Bertz CT molecular complexity index is 743. The third-order valence-corrected chi connectivity index (χ3v) is 4.13. The third kappa shape index (κ3) is 7.56. The normalized spacial score (nSPS) is 12.1. The van der Waals surface area contributed by atoms with Gasteiger partial charge in [0.15, 0.2) is 5.96 Å². The zero-order valence-corrected chi connectivity index (χ0v) is 18.9. The molecular formula is C20H27ClIN3O2. The Hall–Kier alpha value is -1.51. The lowest BCUT2D eigenvalue weighted by Crippen LogP contribution is -2.38. The Morgan fingerprint density at radius 3 is 2.67 bits per heavy atom. The average molecular weight is 504 g/mol. The molecule has 0 aromatic heterocycles. The predicted octanol–water partition coefficient (Wildman–Crippen LogP) is 4.10. The van der Waals surface area contributed by atoms with Gasteiger partial charge in [-0.2, -0.15) is 0 Å². The summed E-state index contributed by atoms with van der Waals surface area (Å²) in [5.74, 6) is 1.45. The third-order valence-electron chi connectivity index (χ3n) is 3.90. The van der Waals surface area contributed by atoms with Crippen LogP contribution in [0.25, 0.3) is 0 Å². The van der Waals surface area contributed by atoms with E-state index in [1.165, 1.54) is 0 Å². The molecule has 0 aliphatic carbocycles. The van der Waals surface area contributed by atoms with Gasteiger partial charge < -0.3 is 20.1 Å². The molecule has 2 rings (SSSR count). The molecule has 1 atom stereocenters. The summed E-state index contributed by atoms with van der Waals surface area (Å²) in [5.41, 5.74) is 1.88. The maximum Gasteiger partial charge on any atom is 0.194 e. The van der Waals surface area contributed by atoms with E-state index in [0.29, 0.717) is 11.6 Å². The highest BCUT2D eigenvalue weighted by Gasteiger charge is 2.11. The fourth-order valence-electron chi connectivity index (χ4n) is 2.58. The number of aliphatic imine (C=N–C) groups is 1. The number of halogens is 2. The Kier molecular flexibility index (Phi) is 10.5. The van der Waals surface area contributed by atoms with E-state index in [0.717, 1.165) is 29.4 Å². The summed E-state index contributed by atoms with van der Waals surface area (Å²) in [6, 6.07) is 15.1. The van der Waals surface area contributed by atoms with E-state index in [2.05, 4.69) is 10.3 Å². The number of ether oxygens (including phenoxy) is 1. The number of nitrogens with zero attached hydrogens (tertiary/aromatic N) is 2. The number of methoxy groups -OCH3 is 1. The van der Waals surface area contributed by atoms with Crippen LogP contribution >= 0.6 is 35.6 Å². The average Bonchev–Trinajstić information content (AvgIpc) is 2.64. The Balaban J connectivity index is 0.00000364. The highest BCUT2D eigenvalue weighted by molar-refractivity contribution is 14.0. The van der Waals surface area contributed by atoms with Gasteiger partial charge in [-0.15, -0.1) is 24.0 Å². The fraction of sp³-hybridized carbons (Fsp3) is 0.350. The van der Waals surface area contributed by atoms with E-state index in [1.54, 1.807) is 7.11 Å². The van der Waals surface area contributed by atoms with E-state index >= 15 is 0 Å². The molecule has 2 aromatic rings. The van der Waals surface area contributed by atoms with Crippen molar-refractivity contribution in [3.05, 3.63) is 64.7 Å². The van der Waals surface area contributed by atoms with Gasteiger partial charge in [-0.3, -0.25) is 4.99 Å². The Labute approximate surface area is 183 Å². The lowest BCUT2D eigenvalue weighted by Gasteiger charge is -2.23. The van der Waals surface area contributed by atoms with Crippen LogP contribution in [0, 0.1) is 0 Å². The van der Waals surface area contributed by atoms with Gasteiger partial charge in [0.05, 0.1) is 19.8 Å². The largest absolute Gasteiger partial charge is 0.497 e. The molecule has 0 fully saturated rings. The molecule has 0 amide bonds. The Morgan fingerprint density at radius 1 is 1.26 bits per heavy atom. The van der Waals surface area contributed by atoms with Crippen molar-refractivity contribution in [2.75, 3.05) is 27.2 Å². The van der Waals surface area contributed by atoms with Gasteiger partial charge in [0.2, 0.25) is 0 Å². The predicted molar refractivity (Wildman–Crippen MR) is 122 cm³/mol. The van der Waals surface area contributed by atoms with Crippen LogP contribution in [0.1, 0.15) is 24.2 Å². The number of hydrogen-bond acceptors (Lipinski definition) is 3. The molecular weight excluding hydrogens is 477 g/mol. The van der Waals surface area contributed by atoms with Crippen LogP contribution in [-0.2, 0) is 6.54 Å². The van der Waals surface area contributed by atoms with Crippen molar-refractivity contribution in [3.8, 4) is 5.75 Å². The molecule has 2 aromatic carbocycles. The minimum Gasteiger partial charge on any atom is -0.497 e. The second-order valence-electron chi connectivity index (χ2n) is 5.97. The quantitative estimate of drug-likeness (QED) is 0.339. The van der Waals surface area contributed by atoms with Crippen LogP contribution in [0.5, 0.6) is 5.75 Å². The summed E-state index contributed by atoms with van der Waals surface area (Å²) in [5, 5.41) is 14.4. The van der Waals surface area contributed by atoms with E-state index in [-0.39, 0.29) is 30.5 Å². The van der Waals surface area contributed by atoms with Crippen LogP contribution in [0.3, 0.4) is 0 Å². The van der Waals surface area contributed by atoms with Crippen molar-refractivity contribution >= 4 is 41.5 Å². The number of aliphatic hydroxyl groups excluding tert-OH is 1. The van der Waals surface area contributed by atoms with Crippen molar-refractivity contribution < 1.29 is 9.84 Å². The van der Waals surface area contributed by atoms with Crippen LogP contribution in [-0.4, -0.2) is 43.2 Å². The molecule has 1 unspecified atom stereocenters. The summed E-state index contributed by atoms with van der Waals surface area (Å²) in [7, 11) is 3.57. The Morgan fingerprint density at radius 2 is 2.00 bits per heavy atom. The summed E-state index contributed by atoms with van der Waals surface area (Å²) >= 11 is 6.06. The number of rotatable bonds is 7. The molecule has 0 bridgehead atoms. The maximum absolute atomic E-state index is 10.4. The molecule has 0 saturated carbocycles. The molecule has 0 spiro atoms. The highest BCUT2D eigenvalue weighted by atomic mass is 127. The van der Waals surface area contributed by atoms with Crippen LogP contribution in [0.15, 0.2) is 53.5 Å². The zero-order valence-electron chi connectivity index (χ0n) is 15.9. The number of benzene rings is 2. The number of guanidine groups is 1. The smallest absolute Gasteiger partial charge is 0.194 e. The topological polar surface area (TPSA) is 57.1 Å². The van der Waals surface area contributed by atoms with Crippen LogP contribution in [0.2, 0.25) is 5.02 Å². The summed E-state index contributed by atoms with van der Waals surface area (Å²) in [6.45, 7) is 3.69. The van der Waals surface area contributed by atoms with Crippen LogP contribution < -0.4 is 10.1 Å². The molecule has 5 nitrogen and oxygen atoms in total. The molecule has 27 heavy (non-hydrogen) atoms. The first-order valence-electron chi connectivity index (χ1n) is 8.59. The van der Waals surface area contributed by atoms with Gasteiger partial charge in [-0.1, -0.05) is 35.9 Å². The SMILES string of the molecule is CCNC(=NCC(O)c1cccc(OC)c1)N(C)Cc1cccc(Cl)c1.I. The minimum absolute atomic E-state index is 0. The highest BCUT2D eigenvalue weighted by Crippen LogP contribution is 2.19. The molecule has 2 N–H and O–H groups in total. The second kappa shape index (κ2) is 12.0. The molecule has 7 heteroatoms. The van der Waals surface area contributed by atoms with Gasteiger partial charge in [-0.25, -0.2) is 0 Å². The van der Waals surface area contributed by atoms with Crippen molar-refractivity contribution in [1.29, 1.82) is 0 Å². The van der Waals surface area contributed by atoms with Crippen molar-refractivity contribution in [1.82, 2.24) is 10.2 Å². The molecule has 148 valence electrons. The first-order chi connectivity index (χ1) is 12.5. The van der Waals surface area contributed by atoms with Crippen LogP contribution in [0.4, 0.5) is 0 Å². The molecule has 0 heterocycles. The van der Waals surface area contributed by atoms with Gasteiger partial charge >= 0.3 is 0 Å².